The van der Waals surface area contributed by atoms with Crippen LogP contribution in [0.15, 0.2) is 6.07 Å². The summed E-state index contributed by atoms with van der Waals surface area (Å²) in [7, 11) is 0. The summed E-state index contributed by atoms with van der Waals surface area (Å²) in [4.78, 5) is 9.73. The Morgan fingerprint density at radius 1 is 1.50 bits per heavy atom. The van der Waals surface area contributed by atoms with Gasteiger partial charge in [0.1, 0.15) is 16.3 Å². The molecule has 1 aromatic rings. The van der Waals surface area contributed by atoms with Crippen LogP contribution < -0.4 is 5.32 Å². The van der Waals surface area contributed by atoms with Gasteiger partial charge >= 0.3 is 0 Å². The number of aromatic nitrogens is 2. The summed E-state index contributed by atoms with van der Waals surface area (Å²) in [5, 5.41) is 3.35. The van der Waals surface area contributed by atoms with Gasteiger partial charge in [0.2, 0.25) is 0 Å². The number of aryl methyl sites for hydroxylation is 1. The van der Waals surface area contributed by atoms with Crippen molar-refractivity contribution in [3.8, 4) is 0 Å². The first kappa shape index (κ1) is 13.5. The van der Waals surface area contributed by atoms with Crippen molar-refractivity contribution in [1.82, 2.24) is 14.9 Å². The summed E-state index contributed by atoms with van der Waals surface area (Å²) in [6, 6.07) is 1.86. The van der Waals surface area contributed by atoms with Crippen LogP contribution in [0.2, 0.25) is 0 Å². The van der Waals surface area contributed by atoms with Crippen molar-refractivity contribution < 1.29 is 4.74 Å². The topological polar surface area (TPSA) is 53.2 Å². The van der Waals surface area contributed by atoms with Crippen molar-refractivity contribution in [3.63, 3.8) is 0 Å². The summed E-state index contributed by atoms with van der Waals surface area (Å²) >= 11 is 5.08. The number of morpholine rings is 1. The molecule has 5 nitrogen and oxygen atoms in total. The third kappa shape index (κ3) is 4.36. The van der Waals surface area contributed by atoms with Crippen LogP contribution in [0.3, 0.4) is 0 Å². The molecule has 0 amide bonds. The second-order valence-electron chi connectivity index (χ2n) is 4.45. The fourth-order valence-corrected chi connectivity index (χ4v) is 2.28. The molecule has 2 rings (SSSR count). The van der Waals surface area contributed by atoms with Gasteiger partial charge in [-0.25, -0.2) is 4.98 Å². The molecule has 0 bridgehead atoms. The molecule has 0 saturated carbocycles. The van der Waals surface area contributed by atoms with Crippen molar-refractivity contribution in [2.45, 2.75) is 13.3 Å². The first-order chi connectivity index (χ1) is 8.74. The van der Waals surface area contributed by atoms with Crippen molar-refractivity contribution in [1.29, 1.82) is 0 Å². The third-order valence-corrected chi connectivity index (χ3v) is 3.14. The van der Waals surface area contributed by atoms with E-state index in [0.717, 1.165) is 57.5 Å². The van der Waals surface area contributed by atoms with E-state index in [1.807, 2.05) is 13.0 Å². The van der Waals surface area contributed by atoms with Crippen LogP contribution in [0.4, 0.5) is 5.82 Å². The lowest BCUT2D eigenvalue weighted by Gasteiger charge is -2.26. The summed E-state index contributed by atoms with van der Waals surface area (Å²) in [5.74, 6) is 1.80. The van der Waals surface area contributed by atoms with E-state index in [4.69, 9.17) is 17.0 Å². The summed E-state index contributed by atoms with van der Waals surface area (Å²) in [6.45, 7) is 7.80. The third-order valence-electron chi connectivity index (χ3n) is 2.93. The van der Waals surface area contributed by atoms with Gasteiger partial charge in [-0.2, -0.15) is 0 Å². The molecule has 1 aliphatic rings. The van der Waals surface area contributed by atoms with Gasteiger partial charge in [0.15, 0.2) is 0 Å². The first-order valence-corrected chi connectivity index (χ1v) is 6.77. The van der Waals surface area contributed by atoms with Crippen LogP contribution in [0, 0.1) is 11.6 Å². The molecule has 100 valence electrons. The maximum atomic E-state index is 5.32. The monoisotopic (exact) mass is 268 g/mol. The second-order valence-corrected chi connectivity index (χ2v) is 4.87. The second kappa shape index (κ2) is 6.82. The fraction of sp³-hybridized carbons (Fsp3) is 0.667. The van der Waals surface area contributed by atoms with Gasteiger partial charge in [0.05, 0.1) is 13.2 Å². The zero-order valence-electron chi connectivity index (χ0n) is 10.7. The van der Waals surface area contributed by atoms with E-state index < -0.39 is 0 Å². The van der Waals surface area contributed by atoms with Crippen LogP contribution in [-0.2, 0) is 4.74 Å². The molecule has 2 N–H and O–H groups in total. The van der Waals surface area contributed by atoms with E-state index in [1.54, 1.807) is 0 Å². The minimum atomic E-state index is 0.627. The number of H-pyrrole nitrogens is 1. The van der Waals surface area contributed by atoms with E-state index >= 15 is 0 Å². The van der Waals surface area contributed by atoms with Crippen molar-refractivity contribution in [3.05, 3.63) is 16.5 Å². The maximum absolute atomic E-state index is 5.32. The van der Waals surface area contributed by atoms with Crippen LogP contribution in [0.1, 0.15) is 12.2 Å². The Balaban J connectivity index is 1.69. The van der Waals surface area contributed by atoms with Gasteiger partial charge in [0.25, 0.3) is 0 Å². The average Bonchev–Trinajstić information content (AvgIpc) is 2.35. The lowest BCUT2D eigenvalue weighted by Crippen LogP contribution is -2.37. The minimum Gasteiger partial charge on any atom is -0.379 e. The number of anilines is 1. The molecule has 18 heavy (non-hydrogen) atoms. The number of hydrogen-bond donors (Lipinski definition) is 2. The summed E-state index contributed by atoms with van der Waals surface area (Å²) in [5.41, 5.74) is 0. The molecule has 1 saturated heterocycles. The van der Waals surface area contributed by atoms with Crippen LogP contribution in [0.25, 0.3) is 0 Å². The Morgan fingerprint density at radius 2 is 2.28 bits per heavy atom. The first-order valence-electron chi connectivity index (χ1n) is 6.36. The van der Waals surface area contributed by atoms with Crippen LogP contribution in [0.5, 0.6) is 0 Å². The lowest BCUT2D eigenvalue weighted by atomic mass is 10.3. The van der Waals surface area contributed by atoms with Crippen LogP contribution >= 0.6 is 12.2 Å². The van der Waals surface area contributed by atoms with Gasteiger partial charge in [0, 0.05) is 25.7 Å². The highest BCUT2D eigenvalue weighted by Crippen LogP contribution is 2.04. The summed E-state index contributed by atoms with van der Waals surface area (Å²) in [6.07, 6.45) is 1.11. The molecule has 1 fully saturated rings. The SMILES string of the molecule is Cc1nc(=S)cc(NCCCN2CCOCC2)[nH]1. The highest BCUT2D eigenvalue weighted by atomic mass is 32.1. The highest BCUT2D eigenvalue weighted by molar-refractivity contribution is 7.71. The van der Waals surface area contributed by atoms with E-state index in [9.17, 15) is 0 Å². The van der Waals surface area contributed by atoms with Gasteiger partial charge in [-0.15, -0.1) is 0 Å². The van der Waals surface area contributed by atoms with E-state index in [2.05, 4.69) is 20.2 Å². The quantitative estimate of drug-likeness (QED) is 0.627. The molecule has 0 aromatic carbocycles. The predicted octanol–water partition coefficient (Wildman–Crippen LogP) is 1.58. The largest absolute Gasteiger partial charge is 0.379 e. The van der Waals surface area contributed by atoms with E-state index in [-0.39, 0.29) is 0 Å². The molecule has 0 atom stereocenters. The Bertz CT molecular complexity index is 428. The van der Waals surface area contributed by atoms with Crippen LogP contribution in [-0.4, -0.2) is 54.3 Å². The fourth-order valence-electron chi connectivity index (χ4n) is 2.03. The number of ether oxygens (including phenoxy) is 1. The molecular formula is C12H20N4OS. The molecule has 0 unspecified atom stereocenters. The molecule has 0 radical (unpaired) electrons. The Hall–Kier alpha value is -0.980. The van der Waals surface area contributed by atoms with Gasteiger partial charge in [-0.05, 0) is 19.9 Å². The van der Waals surface area contributed by atoms with Gasteiger partial charge in [-0.1, -0.05) is 12.2 Å². The molecule has 0 spiro atoms. The number of nitrogens with zero attached hydrogens (tertiary/aromatic N) is 2. The molecule has 6 heteroatoms. The standard InChI is InChI=1S/C12H20N4OS/c1-10-14-11(9-12(18)15-10)13-3-2-4-16-5-7-17-8-6-16/h9H,2-8H2,1H3,(H2,13,14,15,18). The van der Waals surface area contributed by atoms with Crippen molar-refractivity contribution in [2.75, 3.05) is 44.7 Å². The van der Waals surface area contributed by atoms with Crippen molar-refractivity contribution in [2.24, 2.45) is 0 Å². The molecule has 2 heterocycles. The number of nitrogens with one attached hydrogen (secondary N) is 2. The summed E-state index contributed by atoms with van der Waals surface area (Å²) < 4.78 is 5.95. The van der Waals surface area contributed by atoms with Gasteiger partial charge < -0.3 is 15.0 Å². The van der Waals surface area contributed by atoms with E-state index in [0.29, 0.717) is 4.64 Å². The number of hydrogen-bond acceptors (Lipinski definition) is 5. The highest BCUT2D eigenvalue weighted by Gasteiger charge is 2.08. The van der Waals surface area contributed by atoms with E-state index in [1.165, 1.54) is 0 Å². The predicted molar refractivity (Wildman–Crippen MR) is 74.5 cm³/mol. The maximum Gasteiger partial charge on any atom is 0.131 e. The number of aromatic amines is 1. The molecule has 1 aromatic heterocycles. The van der Waals surface area contributed by atoms with Crippen molar-refractivity contribution >= 4 is 18.0 Å². The Labute approximate surface area is 113 Å². The minimum absolute atomic E-state index is 0.627. The molecule has 1 aliphatic heterocycles. The normalized spacial score (nSPS) is 16.7. The Kier molecular flexibility index (Phi) is 5.10. The Morgan fingerprint density at radius 3 is 3.00 bits per heavy atom. The lowest BCUT2D eigenvalue weighted by molar-refractivity contribution is 0.0378. The number of rotatable bonds is 5. The average molecular weight is 268 g/mol. The molecule has 0 aliphatic carbocycles. The smallest absolute Gasteiger partial charge is 0.131 e. The zero-order chi connectivity index (χ0) is 12.8. The van der Waals surface area contributed by atoms with Gasteiger partial charge in [-0.3, -0.25) is 4.90 Å². The zero-order valence-corrected chi connectivity index (χ0v) is 11.6. The molecular weight excluding hydrogens is 248 g/mol.